The monoisotopic (exact) mass is 294 g/mol. The molecule has 1 heterocycles. The zero-order chi connectivity index (χ0) is 15.1. The van der Waals surface area contributed by atoms with Crippen molar-refractivity contribution in [3.63, 3.8) is 0 Å². The first-order valence-corrected chi connectivity index (χ1v) is 7.69. The molecule has 21 heavy (non-hydrogen) atoms. The van der Waals surface area contributed by atoms with Crippen molar-refractivity contribution in [2.45, 2.75) is 37.5 Å². The molecule has 0 radical (unpaired) electrons. The first-order valence-electron chi connectivity index (χ1n) is 7.69. The van der Waals surface area contributed by atoms with Gasteiger partial charge in [-0.3, -0.25) is 9.69 Å². The van der Waals surface area contributed by atoms with Crippen molar-refractivity contribution in [1.82, 2.24) is 10.2 Å². The predicted octanol–water partition coefficient (Wildman–Crippen LogP) is 1.46. The molecule has 0 unspecified atom stereocenters. The van der Waals surface area contributed by atoms with Gasteiger partial charge in [0.25, 0.3) is 0 Å². The number of rotatable bonds is 7. The van der Waals surface area contributed by atoms with Gasteiger partial charge in [0, 0.05) is 32.0 Å². The van der Waals surface area contributed by atoms with E-state index in [0.717, 1.165) is 25.7 Å². The topological polar surface area (TPSA) is 50.8 Å². The van der Waals surface area contributed by atoms with Gasteiger partial charge in [-0.1, -0.05) is 12.2 Å². The lowest BCUT2D eigenvalue weighted by Gasteiger charge is -2.35. The number of ether oxygens (including phenoxy) is 2. The highest BCUT2D eigenvalue weighted by Gasteiger charge is 2.40. The molecule has 1 amide bonds. The van der Waals surface area contributed by atoms with Gasteiger partial charge in [0.05, 0.1) is 19.8 Å². The molecule has 5 nitrogen and oxygen atoms in total. The minimum atomic E-state index is -0.362. The molecule has 1 saturated heterocycles. The molecule has 2 aliphatic rings. The normalized spacial score (nSPS) is 21.6. The summed E-state index contributed by atoms with van der Waals surface area (Å²) < 4.78 is 11.4. The maximum Gasteiger partial charge on any atom is 0.234 e. The minimum absolute atomic E-state index is 0.0629. The van der Waals surface area contributed by atoms with E-state index in [9.17, 15) is 4.79 Å². The van der Waals surface area contributed by atoms with Crippen molar-refractivity contribution < 1.29 is 14.3 Å². The molecule has 5 heteroatoms. The van der Waals surface area contributed by atoms with Gasteiger partial charge in [-0.2, -0.15) is 0 Å². The van der Waals surface area contributed by atoms with Gasteiger partial charge in [-0.25, -0.2) is 0 Å². The smallest absolute Gasteiger partial charge is 0.234 e. The van der Waals surface area contributed by atoms with E-state index in [1.165, 1.54) is 0 Å². The average molecular weight is 294 g/mol. The maximum atomic E-state index is 12.1. The van der Waals surface area contributed by atoms with E-state index in [2.05, 4.69) is 18.5 Å². The zero-order valence-electron chi connectivity index (χ0n) is 12.7. The molecular weight excluding hydrogens is 268 g/mol. The Morgan fingerprint density at radius 2 is 1.76 bits per heavy atom. The summed E-state index contributed by atoms with van der Waals surface area (Å²) in [6.07, 6.45) is 7.15. The second kappa shape index (κ2) is 7.73. The fraction of sp³-hybridized carbons (Fsp3) is 0.688. The van der Waals surface area contributed by atoms with Crippen LogP contribution in [0.4, 0.5) is 0 Å². The van der Waals surface area contributed by atoms with Crippen LogP contribution in [0.1, 0.15) is 25.7 Å². The van der Waals surface area contributed by atoms with Crippen LogP contribution in [0.2, 0.25) is 0 Å². The van der Waals surface area contributed by atoms with E-state index < -0.39 is 0 Å². The summed E-state index contributed by atoms with van der Waals surface area (Å²) in [7, 11) is 0. The van der Waals surface area contributed by atoms with Gasteiger partial charge in [0.1, 0.15) is 0 Å². The standard InChI is InChI=1S/C16H26N2O3/c1-3-9-18(10-4-2)13-15(19)17-14-5-7-16(8-6-14)20-11-12-21-16/h3-4,14H,1-2,5-13H2,(H,17,19). The number of carbonyl (C=O) groups excluding carboxylic acids is 1. The highest BCUT2D eigenvalue weighted by Crippen LogP contribution is 2.35. The Morgan fingerprint density at radius 3 is 2.29 bits per heavy atom. The molecule has 2 rings (SSSR count). The Labute approximate surface area is 127 Å². The molecule has 2 fully saturated rings. The maximum absolute atomic E-state index is 12.1. The van der Waals surface area contributed by atoms with Crippen LogP contribution in [0.15, 0.2) is 25.3 Å². The van der Waals surface area contributed by atoms with E-state index in [4.69, 9.17) is 9.47 Å². The van der Waals surface area contributed by atoms with Crippen LogP contribution < -0.4 is 5.32 Å². The summed E-state index contributed by atoms with van der Waals surface area (Å²) in [6.45, 7) is 10.6. The van der Waals surface area contributed by atoms with Crippen LogP contribution >= 0.6 is 0 Å². The lowest BCUT2D eigenvalue weighted by atomic mass is 9.90. The van der Waals surface area contributed by atoms with Crippen molar-refractivity contribution in [1.29, 1.82) is 0 Å². The van der Waals surface area contributed by atoms with Crippen LogP contribution in [-0.2, 0) is 14.3 Å². The lowest BCUT2D eigenvalue weighted by molar-refractivity contribution is -0.180. The van der Waals surface area contributed by atoms with Crippen LogP contribution in [0, 0.1) is 0 Å². The predicted molar refractivity (Wildman–Crippen MR) is 81.9 cm³/mol. The van der Waals surface area contributed by atoms with Crippen molar-refractivity contribution in [2.75, 3.05) is 32.8 Å². The third-order valence-corrected chi connectivity index (χ3v) is 4.07. The molecule has 0 bridgehead atoms. The van der Waals surface area contributed by atoms with E-state index >= 15 is 0 Å². The molecule has 1 saturated carbocycles. The number of nitrogens with one attached hydrogen (secondary N) is 1. The summed E-state index contributed by atoms with van der Waals surface area (Å²) >= 11 is 0. The van der Waals surface area contributed by atoms with E-state index in [0.29, 0.717) is 32.8 Å². The summed E-state index contributed by atoms with van der Waals surface area (Å²) in [5, 5.41) is 3.11. The van der Waals surface area contributed by atoms with E-state index in [1.54, 1.807) is 12.2 Å². The highest BCUT2D eigenvalue weighted by atomic mass is 16.7. The molecule has 0 aromatic rings. The lowest BCUT2D eigenvalue weighted by Crippen LogP contribution is -2.46. The summed E-state index contributed by atoms with van der Waals surface area (Å²) in [5.41, 5.74) is 0. The van der Waals surface area contributed by atoms with Gasteiger partial charge >= 0.3 is 0 Å². The SMILES string of the molecule is C=CCN(CC=C)CC(=O)NC1CCC2(CC1)OCCO2. The number of carbonyl (C=O) groups is 1. The van der Waals surface area contributed by atoms with Crippen LogP contribution in [0.3, 0.4) is 0 Å². The van der Waals surface area contributed by atoms with Gasteiger partial charge in [-0.05, 0) is 12.8 Å². The highest BCUT2D eigenvalue weighted by molar-refractivity contribution is 5.78. The molecule has 0 aromatic heterocycles. The van der Waals surface area contributed by atoms with E-state index in [-0.39, 0.29) is 17.7 Å². The van der Waals surface area contributed by atoms with Gasteiger partial charge in [-0.15, -0.1) is 13.2 Å². The zero-order valence-corrected chi connectivity index (χ0v) is 12.7. The van der Waals surface area contributed by atoms with Crippen molar-refractivity contribution >= 4 is 5.91 Å². The molecule has 1 aliphatic heterocycles. The second-order valence-electron chi connectivity index (χ2n) is 5.72. The average Bonchev–Trinajstić information content (AvgIpc) is 2.91. The van der Waals surface area contributed by atoms with Crippen LogP contribution in [0.25, 0.3) is 0 Å². The van der Waals surface area contributed by atoms with Crippen LogP contribution in [0.5, 0.6) is 0 Å². The van der Waals surface area contributed by atoms with Crippen LogP contribution in [-0.4, -0.2) is 55.5 Å². The third-order valence-electron chi connectivity index (χ3n) is 4.07. The number of hydrogen-bond acceptors (Lipinski definition) is 4. The third kappa shape index (κ3) is 4.66. The molecule has 0 atom stereocenters. The molecule has 118 valence electrons. The number of hydrogen-bond donors (Lipinski definition) is 1. The van der Waals surface area contributed by atoms with Crippen molar-refractivity contribution in [3.8, 4) is 0 Å². The summed E-state index contributed by atoms with van der Waals surface area (Å²) in [4.78, 5) is 14.1. The summed E-state index contributed by atoms with van der Waals surface area (Å²) in [5.74, 6) is -0.299. The largest absolute Gasteiger partial charge is 0.352 e. The van der Waals surface area contributed by atoms with E-state index in [1.807, 2.05) is 4.90 Å². The number of nitrogens with zero attached hydrogens (tertiary/aromatic N) is 1. The summed E-state index contributed by atoms with van der Waals surface area (Å²) in [6, 6.07) is 0.227. The Hall–Kier alpha value is -1.17. The Morgan fingerprint density at radius 1 is 1.19 bits per heavy atom. The Kier molecular flexibility index (Phi) is 5.96. The van der Waals surface area contributed by atoms with Gasteiger partial charge in [0.2, 0.25) is 5.91 Å². The first kappa shape index (κ1) is 16.2. The van der Waals surface area contributed by atoms with Crippen molar-refractivity contribution in [3.05, 3.63) is 25.3 Å². The molecule has 1 aliphatic carbocycles. The Bertz CT molecular complexity index is 358. The Balaban J connectivity index is 1.73. The van der Waals surface area contributed by atoms with Crippen molar-refractivity contribution in [2.24, 2.45) is 0 Å². The fourth-order valence-corrected chi connectivity index (χ4v) is 3.03. The van der Waals surface area contributed by atoms with Gasteiger partial charge < -0.3 is 14.8 Å². The molecule has 1 N–H and O–H groups in total. The molecular formula is C16H26N2O3. The fourth-order valence-electron chi connectivity index (χ4n) is 3.03. The molecule has 1 spiro atoms. The minimum Gasteiger partial charge on any atom is -0.352 e. The van der Waals surface area contributed by atoms with Gasteiger partial charge in [0.15, 0.2) is 5.79 Å². The first-order chi connectivity index (χ1) is 10.2. The molecule has 0 aromatic carbocycles. The quantitative estimate of drug-likeness (QED) is 0.722. The number of amides is 1. The second-order valence-corrected chi connectivity index (χ2v) is 5.72.